The predicted octanol–water partition coefficient (Wildman–Crippen LogP) is 0.536. The molecule has 0 saturated carbocycles. The number of piperazine rings is 1. The molecule has 0 bridgehead atoms. The van der Waals surface area contributed by atoms with E-state index in [0.29, 0.717) is 4.73 Å². The Morgan fingerprint density at radius 3 is 2.00 bits per heavy atom. The molecular formula is C23H30N4O8. The minimum Gasteiger partial charge on any atom is -0.616 e. The molecule has 1 fully saturated rings. The standard InChI is InChI=1S/C23H30N4O8/c1-13(2)10-15-20(29)24-18(23(35-5)27(15)32)22(31)26-8-6-25(7-9-26)21(30)14-11-16(33-3)19(28)17(12-14)34-4/h11-13,28H,6-10H2,1-5H3,(H,24,29). The fourth-order valence-electron chi connectivity index (χ4n) is 3.92. The summed E-state index contributed by atoms with van der Waals surface area (Å²) in [4.78, 5) is 44.1. The summed E-state index contributed by atoms with van der Waals surface area (Å²) < 4.78 is 15.8. The number of carbonyl (C=O) groups is 2. The van der Waals surface area contributed by atoms with Crippen molar-refractivity contribution in [2.24, 2.45) is 5.92 Å². The van der Waals surface area contributed by atoms with Crippen LogP contribution in [-0.2, 0) is 6.42 Å². The summed E-state index contributed by atoms with van der Waals surface area (Å²) in [7, 11) is 3.99. The number of aromatic hydroxyl groups is 1. The van der Waals surface area contributed by atoms with Crippen LogP contribution in [0.15, 0.2) is 16.9 Å². The summed E-state index contributed by atoms with van der Waals surface area (Å²) in [6.07, 6.45) is 0.233. The first-order chi connectivity index (χ1) is 16.6. The van der Waals surface area contributed by atoms with E-state index in [1.807, 2.05) is 13.8 Å². The number of nitrogens with zero attached hydrogens (tertiary/aromatic N) is 3. The zero-order valence-electron chi connectivity index (χ0n) is 20.4. The number of carbonyl (C=O) groups excluding carboxylic acids is 2. The number of ether oxygens (including phenoxy) is 3. The SMILES string of the molecule is COc1cc(C(=O)N2CCN(C(=O)c3[nH]c(=O)c(CC(C)C)[n+]([O-])c3OC)CC2)cc(OC)c1O. The molecule has 3 rings (SSSR count). The quantitative estimate of drug-likeness (QED) is 0.422. The third-order valence-corrected chi connectivity index (χ3v) is 5.73. The molecule has 35 heavy (non-hydrogen) atoms. The minimum atomic E-state index is -0.637. The van der Waals surface area contributed by atoms with Gasteiger partial charge in [-0.2, -0.15) is 0 Å². The Morgan fingerprint density at radius 2 is 1.54 bits per heavy atom. The van der Waals surface area contributed by atoms with Crippen molar-refractivity contribution >= 4 is 11.8 Å². The molecule has 1 aliphatic rings. The van der Waals surface area contributed by atoms with Crippen molar-refractivity contribution in [3.8, 4) is 23.1 Å². The van der Waals surface area contributed by atoms with Gasteiger partial charge in [-0.05, 0) is 18.1 Å². The Bertz CT molecular complexity index is 1140. The van der Waals surface area contributed by atoms with Crippen LogP contribution in [0.25, 0.3) is 0 Å². The zero-order chi connectivity index (χ0) is 25.9. The highest BCUT2D eigenvalue weighted by molar-refractivity contribution is 5.96. The maximum Gasteiger partial charge on any atom is 0.409 e. The number of aromatic nitrogens is 2. The van der Waals surface area contributed by atoms with E-state index >= 15 is 0 Å². The normalized spacial score (nSPS) is 13.7. The Hall–Kier alpha value is -3.96. The number of benzene rings is 1. The summed E-state index contributed by atoms with van der Waals surface area (Å²) >= 11 is 0. The highest BCUT2D eigenvalue weighted by Gasteiger charge is 2.33. The third-order valence-electron chi connectivity index (χ3n) is 5.73. The number of methoxy groups -OCH3 is 3. The Labute approximate surface area is 202 Å². The maximum atomic E-state index is 13.1. The molecule has 0 spiro atoms. The maximum absolute atomic E-state index is 13.1. The average molecular weight is 491 g/mol. The molecule has 0 atom stereocenters. The number of phenolic OH excluding ortho intramolecular Hbond substituents is 1. The molecule has 12 heteroatoms. The van der Waals surface area contributed by atoms with Crippen LogP contribution in [-0.4, -0.2) is 79.2 Å². The first-order valence-corrected chi connectivity index (χ1v) is 11.1. The number of aromatic amines is 1. The van der Waals surface area contributed by atoms with Gasteiger partial charge in [0.1, 0.15) is 0 Å². The van der Waals surface area contributed by atoms with Crippen LogP contribution in [0.1, 0.15) is 40.4 Å². The van der Waals surface area contributed by atoms with Gasteiger partial charge < -0.3 is 39.3 Å². The molecule has 0 radical (unpaired) electrons. The summed E-state index contributed by atoms with van der Waals surface area (Å²) in [5, 5.41) is 22.8. The van der Waals surface area contributed by atoms with Crippen molar-refractivity contribution in [3.63, 3.8) is 0 Å². The third kappa shape index (κ3) is 5.10. The number of nitrogens with one attached hydrogen (secondary N) is 1. The van der Waals surface area contributed by atoms with Gasteiger partial charge in [-0.25, -0.2) is 0 Å². The lowest BCUT2D eigenvalue weighted by molar-refractivity contribution is -0.622. The van der Waals surface area contributed by atoms with Gasteiger partial charge in [-0.15, -0.1) is 4.73 Å². The van der Waals surface area contributed by atoms with Crippen LogP contribution < -0.4 is 24.5 Å². The number of rotatable bonds is 7. The molecule has 2 heterocycles. The number of H-pyrrole nitrogens is 1. The summed E-state index contributed by atoms with van der Waals surface area (Å²) in [5.74, 6) is -1.11. The van der Waals surface area contributed by atoms with Crippen molar-refractivity contribution in [2.75, 3.05) is 47.5 Å². The Kier molecular flexibility index (Phi) is 7.72. The van der Waals surface area contributed by atoms with E-state index < -0.39 is 11.5 Å². The van der Waals surface area contributed by atoms with Crippen molar-refractivity contribution < 1.29 is 33.6 Å². The van der Waals surface area contributed by atoms with Gasteiger partial charge in [0.25, 0.3) is 17.5 Å². The largest absolute Gasteiger partial charge is 0.616 e. The minimum absolute atomic E-state index is 0.0245. The van der Waals surface area contributed by atoms with E-state index in [1.54, 1.807) is 4.90 Å². The molecule has 190 valence electrons. The summed E-state index contributed by atoms with van der Waals surface area (Å²) in [6.45, 7) is 4.52. The second-order valence-corrected chi connectivity index (χ2v) is 8.49. The van der Waals surface area contributed by atoms with Crippen molar-refractivity contribution in [1.29, 1.82) is 0 Å². The first kappa shape index (κ1) is 25.7. The number of amides is 2. The monoisotopic (exact) mass is 490 g/mol. The molecular weight excluding hydrogens is 460 g/mol. The van der Waals surface area contributed by atoms with Gasteiger partial charge in [0.2, 0.25) is 11.4 Å². The van der Waals surface area contributed by atoms with E-state index in [0.717, 1.165) is 0 Å². The highest BCUT2D eigenvalue weighted by Crippen LogP contribution is 2.37. The lowest BCUT2D eigenvalue weighted by Crippen LogP contribution is -2.52. The predicted molar refractivity (Wildman–Crippen MR) is 124 cm³/mol. The molecule has 1 saturated heterocycles. The van der Waals surface area contributed by atoms with Gasteiger partial charge >= 0.3 is 11.4 Å². The fourth-order valence-corrected chi connectivity index (χ4v) is 3.92. The van der Waals surface area contributed by atoms with E-state index in [1.165, 1.54) is 38.4 Å². The number of hydrogen-bond acceptors (Lipinski definition) is 8. The molecule has 1 aromatic carbocycles. The number of hydrogen-bond donors (Lipinski definition) is 2. The molecule has 2 amide bonds. The molecule has 0 unspecified atom stereocenters. The van der Waals surface area contributed by atoms with Gasteiger partial charge in [-0.3, -0.25) is 14.4 Å². The Morgan fingerprint density at radius 1 is 1.03 bits per heavy atom. The van der Waals surface area contributed by atoms with E-state index in [2.05, 4.69) is 4.98 Å². The smallest absolute Gasteiger partial charge is 0.409 e. The van der Waals surface area contributed by atoms with Gasteiger partial charge in [0.05, 0.1) is 21.3 Å². The van der Waals surface area contributed by atoms with E-state index in [9.17, 15) is 24.7 Å². The van der Waals surface area contributed by atoms with Crippen LogP contribution in [0, 0.1) is 11.1 Å². The van der Waals surface area contributed by atoms with Gasteiger partial charge in [0, 0.05) is 38.2 Å². The molecule has 1 aliphatic heterocycles. The van der Waals surface area contributed by atoms with E-state index in [-0.39, 0.29) is 84.5 Å². The summed E-state index contributed by atoms with van der Waals surface area (Å²) in [5.41, 5.74) is -0.631. The number of phenols is 1. The Balaban J connectivity index is 1.78. The lowest BCUT2D eigenvalue weighted by atomic mass is 10.1. The van der Waals surface area contributed by atoms with Crippen LogP contribution in [0.4, 0.5) is 0 Å². The van der Waals surface area contributed by atoms with Crippen LogP contribution in [0.2, 0.25) is 0 Å². The van der Waals surface area contributed by atoms with Crippen molar-refractivity contribution in [3.05, 3.63) is 44.6 Å². The zero-order valence-corrected chi connectivity index (χ0v) is 20.4. The molecule has 12 nitrogen and oxygen atoms in total. The first-order valence-electron chi connectivity index (χ1n) is 11.1. The topological polar surface area (TPSA) is 148 Å². The summed E-state index contributed by atoms with van der Waals surface area (Å²) in [6, 6.07) is 2.83. The van der Waals surface area contributed by atoms with Gasteiger partial charge in [0.15, 0.2) is 11.5 Å². The van der Waals surface area contributed by atoms with Crippen molar-refractivity contribution in [2.45, 2.75) is 20.3 Å². The van der Waals surface area contributed by atoms with E-state index in [4.69, 9.17) is 14.2 Å². The second-order valence-electron chi connectivity index (χ2n) is 8.49. The molecule has 0 aliphatic carbocycles. The average Bonchev–Trinajstić information content (AvgIpc) is 2.85. The molecule has 2 aromatic rings. The van der Waals surface area contributed by atoms with Crippen LogP contribution in [0.3, 0.4) is 0 Å². The lowest BCUT2D eigenvalue weighted by Gasteiger charge is -2.34. The van der Waals surface area contributed by atoms with Crippen molar-refractivity contribution in [1.82, 2.24) is 14.8 Å². The van der Waals surface area contributed by atoms with Gasteiger partial charge in [-0.1, -0.05) is 13.8 Å². The fraction of sp³-hybridized carbons (Fsp3) is 0.478. The highest BCUT2D eigenvalue weighted by atomic mass is 16.5. The van der Waals surface area contributed by atoms with Crippen LogP contribution in [0.5, 0.6) is 23.1 Å². The van der Waals surface area contributed by atoms with Crippen LogP contribution >= 0.6 is 0 Å². The molecule has 1 aromatic heterocycles. The second kappa shape index (κ2) is 10.5. The molecule has 2 N–H and O–H groups in total.